The Morgan fingerprint density at radius 2 is 1.93 bits per heavy atom. The molecule has 1 amide bonds. The molecule has 3 heterocycles. The van der Waals surface area contributed by atoms with Crippen LogP contribution in [-0.4, -0.2) is 76.0 Å². The number of amides is 1. The molecule has 0 spiro atoms. The maximum Gasteiger partial charge on any atom is 0.432 e. The van der Waals surface area contributed by atoms with Crippen LogP contribution in [0.15, 0.2) is 12.1 Å². The van der Waals surface area contributed by atoms with Crippen molar-refractivity contribution in [2.75, 3.05) is 65.2 Å². The summed E-state index contributed by atoms with van der Waals surface area (Å²) in [7, 11) is 1.60. The smallest absolute Gasteiger partial charge is 0.432 e. The van der Waals surface area contributed by atoms with Gasteiger partial charge in [-0.3, -0.25) is 5.32 Å². The molecule has 10 heteroatoms. The Morgan fingerprint density at radius 3 is 2.64 bits per heavy atom. The number of rotatable bonds is 4. The van der Waals surface area contributed by atoms with Crippen molar-refractivity contribution in [3.05, 3.63) is 17.7 Å². The lowest BCUT2D eigenvalue weighted by molar-refractivity contribution is -0.142. The van der Waals surface area contributed by atoms with Gasteiger partial charge in [-0.05, 0) is 11.6 Å². The minimum absolute atomic E-state index is 0.101. The van der Waals surface area contributed by atoms with Gasteiger partial charge in [0.15, 0.2) is 5.13 Å². The van der Waals surface area contributed by atoms with Crippen molar-refractivity contribution in [1.82, 2.24) is 10.0 Å². The van der Waals surface area contributed by atoms with Crippen molar-refractivity contribution in [3.8, 4) is 5.75 Å². The van der Waals surface area contributed by atoms with Crippen LogP contribution in [0, 0.1) is 0 Å². The molecule has 2 aliphatic rings. The van der Waals surface area contributed by atoms with Crippen LogP contribution in [0.5, 0.6) is 5.75 Å². The summed E-state index contributed by atoms with van der Waals surface area (Å²) in [6.45, 7) is 4.54. The van der Waals surface area contributed by atoms with Gasteiger partial charge in [0.1, 0.15) is 11.3 Å². The number of carbonyl (C=O) groups excluding carboxylic acids is 1. The number of nitrogens with zero attached hydrogens (tertiary/aromatic N) is 2. The highest BCUT2D eigenvalue weighted by Crippen LogP contribution is 2.38. The number of nitrogens with one attached hydrogen (secondary N) is 1. The molecular weight excluding hydrogens is 386 g/mol. The maximum absolute atomic E-state index is 12.2. The number of carbonyl (C=O) groups is 1. The van der Waals surface area contributed by atoms with Gasteiger partial charge < -0.3 is 23.8 Å². The molecule has 28 heavy (non-hydrogen) atoms. The van der Waals surface area contributed by atoms with Gasteiger partial charge in [-0.1, -0.05) is 17.4 Å². The highest BCUT2D eigenvalue weighted by molar-refractivity contribution is 7.22. The van der Waals surface area contributed by atoms with Crippen LogP contribution in [0.4, 0.5) is 9.93 Å². The molecule has 2 aliphatic heterocycles. The maximum atomic E-state index is 12.2. The molecule has 0 saturated carbocycles. The van der Waals surface area contributed by atoms with E-state index in [1.807, 2.05) is 12.1 Å². The number of methoxy groups -OCH3 is 1. The molecule has 2 saturated heterocycles. The molecule has 1 aromatic carbocycles. The first-order chi connectivity index (χ1) is 13.7. The second-order valence-corrected chi connectivity index (χ2v) is 7.44. The molecule has 2 aromatic rings. The van der Waals surface area contributed by atoms with Gasteiger partial charge in [0.05, 0.1) is 64.5 Å². The Morgan fingerprint density at radius 1 is 1.18 bits per heavy atom. The van der Waals surface area contributed by atoms with E-state index < -0.39 is 6.09 Å². The van der Waals surface area contributed by atoms with E-state index in [4.69, 9.17) is 23.8 Å². The van der Waals surface area contributed by atoms with Crippen molar-refractivity contribution in [2.45, 2.75) is 5.92 Å². The first kappa shape index (κ1) is 19.3. The zero-order valence-corrected chi connectivity index (χ0v) is 16.5. The number of ether oxygens (including phenoxy) is 4. The van der Waals surface area contributed by atoms with E-state index in [2.05, 4.69) is 10.3 Å². The highest BCUT2D eigenvalue weighted by Gasteiger charge is 2.23. The predicted molar refractivity (Wildman–Crippen MR) is 103 cm³/mol. The SMILES string of the molecule is COc1ccc(C2COCCOC2)c2sc(NC(=O)ON3CCOCC3)nc12. The van der Waals surface area contributed by atoms with E-state index in [1.165, 1.54) is 11.3 Å². The van der Waals surface area contributed by atoms with Gasteiger partial charge in [0.25, 0.3) is 0 Å². The number of fused-ring (bicyclic) bond motifs is 1. The largest absolute Gasteiger partial charge is 0.494 e. The monoisotopic (exact) mass is 409 g/mol. The van der Waals surface area contributed by atoms with E-state index in [0.29, 0.717) is 69.1 Å². The Balaban J connectivity index is 1.55. The summed E-state index contributed by atoms with van der Waals surface area (Å²) < 4.78 is 22.9. The van der Waals surface area contributed by atoms with Gasteiger partial charge in [-0.15, -0.1) is 5.06 Å². The summed E-state index contributed by atoms with van der Waals surface area (Å²) in [5, 5.41) is 4.75. The zero-order chi connectivity index (χ0) is 19.3. The molecule has 0 aliphatic carbocycles. The minimum Gasteiger partial charge on any atom is -0.494 e. The molecule has 1 aromatic heterocycles. The third kappa shape index (κ3) is 4.36. The molecule has 0 unspecified atom stereocenters. The van der Waals surface area contributed by atoms with E-state index >= 15 is 0 Å². The highest BCUT2D eigenvalue weighted by atomic mass is 32.1. The second-order valence-electron chi connectivity index (χ2n) is 6.45. The number of hydroxylamine groups is 2. The summed E-state index contributed by atoms with van der Waals surface area (Å²) in [5.74, 6) is 0.754. The number of hydrogen-bond acceptors (Lipinski definition) is 9. The number of aromatic nitrogens is 1. The number of morpholine rings is 1. The standard InChI is InChI=1S/C18H23N3O6S/c1-23-14-3-2-13(12-10-25-8-9-26-11-12)16-15(14)19-17(28-16)20-18(22)27-21-4-6-24-7-5-21/h2-3,12H,4-11H2,1H3,(H,19,20,22). The lowest BCUT2D eigenvalue weighted by atomic mass is 10.0. The van der Waals surface area contributed by atoms with Crippen molar-refractivity contribution >= 4 is 32.8 Å². The van der Waals surface area contributed by atoms with Gasteiger partial charge in [0, 0.05) is 5.92 Å². The van der Waals surface area contributed by atoms with E-state index in [1.54, 1.807) is 12.2 Å². The quantitative estimate of drug-likeness (QED) is 0.822. The molecule has 0 atom stereocenters. The molecule has 0 radical (unpaired) electrons. The van der Waals surface area contributed by atoms with Crippen molar-refractivity contribution < 1.29 is 28.6 Å². The van der Waals surface area contributed by atoms with Crippen molar-refractivity contribution in [3.63, 3.8) is 0 Å². The second kappa shape index (κ2) is 9.01. The number of benzene rings is 1. The Kier molecular flexibility index (Phi) is 6.23. The molecule has 152 valence electrons. The van der Waals surface area contributed by atoms with Gasteiger partial charge in [0.2, 0.25) is 0 Å². The third-order valence-corrected chi connectivity index (χ3v) is 5.62. The minimum atomic E-state index is -0.567. The molecule has 9 nitrogen and oxygen atoms in total. The normalized spacial score (nSPS) is 19.3. The molecule has 0 bridgehead atoms. The van der Waals surface area contributed by atoms with Crippen LogP contribution in [0.1, 0.15) is 11.5 Å². The van der Waals surface area contributed by atoms with Gasteiger partial charge in [-0.25, -0.2) is 9.78 Å². The van der Waals surface area contributed by atoms with Crippen LogP contribution < -0.4 is 10.1 Å². The van der Waals surface area contributed by atoms with Gasteiger partial charge >= 0.3 is 6.09 Å². The number of thiazole rings is 1. The summed E-state index contributed by atoms with van der Waals surface area (Å²) in [6.07, 6.45) is -0.567. The fourth-order valence-corrected chi connectivity index (χ4v) is 4.26. The van der Waals surface area contributed by atoms with Crippen LogP contribution in [-0.2, 0) is 19.0 Å². The van der Waals surface area contributed by atoms with Crippen LogP contribution in [0.3, 0.4) is 0 Å². The first-order valence-corrected chi connectivity index (χ1v) is 10.0. The lowest BCUT2D eigenvalue weighted by Crippen LogP contribution is -2.39. The molecule has 2 fully saturated rings. The third-order valence-electron chi connectivity index (χ3n) is 4.60. The van der Waals surface area contributed by atoms with Gasteiger partial charge in [-0.2, -0.15) is 0 Å². The number of anilines is 1. The first-order valence-electron chi connectivity index (χ1n) is 9.19. The summed E-state index contributed by atoms with van der Waals surface area (Å²) in [6, 6.07) is 3.90. The average molecular weight is 409 g/mol. The molecule has 4 rings (SSSR count). The topological polar surface area (TPSA) is 91.4 Å². The molecular formula is C18H23N3O6S. The Hall–Kier alpha value is -1.98. The Bertz CT molecular complexity index is 815. The predicted octanol–water partition coefficient (Wildman–Crippen LogP) is 2.23. The van der Waals surface area contributed by atoms with Crippen molar-refractivity contribution in [2.24, 2.45) is 0 Å². The average Bonchev–Trinajstić information content (AvgIpc) is 2.94. The Labute approximate surface area is 166 Å². The van der Waals surface area contributed by atoms with Crippen LogP contribution in [0.25, 0.3) is 10.2 Å². The zero-order valence-electron chi connectivity index (χ0n) is 15.6. The lowest BCUT2D eigenvalue weighted by Gasteiger charge is -2.24. The summed E-state index contributed by atoms with van der Waals surface area (Å²) in [5.41, 5.74) is 1.78. The van der Waals surface area contributed by atoms with Crippen LogP contribution in [0.2, 0.25) is 0 Å². The van der Waals surface area contributed by atoms with E-state index in [9.17, 15) is 4.79 Å². The molecule has 1 N–H and O–H groups in total. The van der Waals surface area contributed by atoms with Crippen molar-refractivity contribution in [1.29, 1.82) is 0 Å². The fraction of sp³-hybridized carbons (Fsp3) is 0.556. The number of hydrogen-bond donors (Lipinski definition) is 1. The van der Waals surface area contributed by atoms with E-state index in [0.717, 1.165) is 10.3 Å². The van der Waals surface area contributed by atoms with Crippen LogP contribution >= 0.6 is 11.3 Å². The summed E-state index contributed by atoms with van der Waals surface area (Å²) >= 11 is 1.39. The fourth-order valence-electron chi connectivity index (χ4n) is 3.20. The van der Waals surface area contributed by atoms with E-state index in [-0.39, 0.29) is 5.92 Å². The summed E-state index contributed by atoms with van der Waals surface area (Å²) in [4.78, 5) is 22.1.